The summed E-state index contributed by atoms with van der Waals surface area (Å²) in [6.45, 7) is 4.91. The van der Waals surface area contributed by atoms with Gasteiger partial charge in [-0.05, 0) is 44.5 Å². The molecule has 1 aromatic carbocycles. The average Bonchev–Trinajstić information content (AvgIpc) is 2.89. The Morgan fingerprint density at radius 3 is 2.17 bits per heavy atom. The molecule has 6 nitrogen and oxygen atoms in total. The molecule has 8 heteroatoms. The molecule has 23 heavy (non-hydrogen) atoms. The molecule has 1 aromatic rings. The predicted molar refractivity (Wildman–Crippen MR) is 87.9 cm³/mol. The van der Waals surface area contributed by atoms with Crippen molar-refractivity contribution >= 4 is 25.6 Å². The van der Waals surface area contributed by atoms with Crippen molar-refractivity contribution in [3.63, 3.8) is 0 Å². The molecule has 0 bridgehead atoms. The SMILES string of the molecule is CCN(CC)C(=O)c1ccc(S(=O)(=O)[C@H]2CCS(=O)(=O)C2)cc1. The van der Waals surface area contributed by atoms with E-state index in [1.807, 2.05) is 13.8 Å². The number of hydrogen-bond donors (Lipinski definition) is 0. The van der Waals surface area contributed by atoms with Crippen LogP contribution in [0.15, 0.2) is 29.2 Å². The van der Waals surface area contributed by atoms with E-state index in [1.165, 1.54) is 24.3 Å². The molecule has 1 fully saturated rings. The fourth-order valence-electron chi connectivity index (χ4n) is 2.68. The second-order valence-corrected chi connectivity index (χ2v) is 10.0. The lowest BCUT2D eigenvalue weighted by Gasteiger charge is -2.18. The van der Waals surface area contributed by atoms with Crippen molar-refractivity contribution in [1.29, 1.82) is 0 Å². The number of hydrogen-bond acceptors (Lipinski definition) is 5. The van der Waals surface area contributed by atoms with Gasteiger partial charge in [-0.15, -0.1) is 0 Å². The fourth-order valence-corrected chi connectivity index (χ4v) is 7.04. The normalized spacial score (nSPS) is 20.3. The van der Waals surface area contributed by atoms with Gasteiger partial charge in [0.15, 0.2) is 19.7 Å². The summed E-state index contributed by atoms with van der Waals surface area (Å²) in [6, 6.07) is 5.74. The van der Waals surface area contributed by atoms with E-state index < -0.39 is 24.9 Å². The summed E-state index contributed by atoms with van der Waals surface area (Å²) in [7, 11) is -6.95. The molecule has 0 saturated carbocycles. The largest absolute Gasteiger partial charge is 0.339 e. The number of sulfone groups is 2. The van der Waals surface area contributed by atoms with E-state index in [2.05, 4.69) is 0 Å². The monoisotopic (exact) mass is 359 g/mol. The number of benzene rings is 1. The Morgan fingerprint density at radius 2 is 1.74 bits per heavy atom. The number of rotatable bonds is 5. The van der Waals surface area contributed by atoms with Gasteiger partial charge in [-0.3, -0.25) is 4.79 Å². The van der Waals surface area contributed by atoms with E-state index in [-0.39, 0.29) is 28.7 Å². The molecule has 0 aliphatic carbocycles. The van der Waals surface area contributed by atoms with E-state index in [0.717, 1.165) is 0 Å². The first-order chi connectivity index (χ1) is 10.7. The number of carbonyl (C=O) groups excluding carboxylic acids is 1. The van der Waals surface area contributed by atoms with Crippen LogP contribution in [0, 0.1) is 0 Å². The third-order valence-electron chi connectivity index (χ3n) is 4.11. The van der Waals surface area contributed by atoms with Crippen LogP contribution in [0.3, 0.4) is 0 Å². The molecule has 0 radical (unpaired) electrons. The van der Waals surface area contributed by atoms with Crippen LogP contribution in [0.4, 0.5) is 0 Å². The van der Waals surface area contributed by atoms with Crippen LogP contribution in [0.25, 0.3) is 0 Å². The molecule has 0 aromatic heterocycles. The molecule has 1 atom stereocenters. The lowest BCUT2D eigenvalue weighted by atomic mass is 10.2. The highest BCUT2D eigenvalue weighted by Gasteiger charge is 2.38. The number of amides is 1. The summed E-state index contributed by atoms with van der Waals surface area (Å²) in [6.07, 6.45) is 0.130. The van der Waals surface area contributed by atoms with Crippen LogP contribution in [-0.4, -0.2) is 57.5 Å². The summed E-state index contributed by atoms with van der Waals surface area (Å²) in [5.74, 6) is -0.562. The van der Waals surface area contributed by atoms with Gasteiger partial charge in [-0.2, -0.15) is 0 Å². The minimum atomic E-state index is -3.69. The molecule has 0 spiro atoms. The van der Waals surface area contributed by atoms with Gasteiger partial charge in [0.1, 0.15) is 0 Å². The Kier molecular flexibility index (Phi) is 5.15. The van der Waals surface area contributed by atoms with E-state index in [1.54, 1.807) is 4.90 Å². The second-order valence-electron chi connectivity index (χ2n) is 5.57. The highest BCUT2D eigenvalue weighted by molar-refractivity contribution is 7.96. The maximum Gasteiger partial charge on any atom is 0.253 e. The zero-order valence-electron chi connectivity index (χ0n) is 13.2. The van der Waals surface area contributed by atoms with Gasteiger partial charge < -0.3 is 4.90 Å². The van der Waals surface area contributed by atoms with E-state index in [4.69, 9.17) is 0 Å². The Hall–Kier alpha value is -1.41. The van der Waals surface area contributed by atoms with Gasteiger partial charge in [0, 0.05) is 18.7 Å². The molecular formula is C15H21NO5S2. The Bertz CT molecular complexity index is 778. The summed E-state index contributed by atoms with van der Waals surface area (Å²) < 4.78 is 48.0. The molecule has 1 amide bonds. The first kappa shape index (κ1) is 17.9. The number of carbonyl (C=O) groups is 1. The quantitative estimate of drug-likeness (QED) is 0.786. The minimum absolute atomic E-state index is 0.0655. The first-order valence-electron chi connectivity index (χ1n) is 7.55. The maximum atomic E-state index is 12.5. The van der Waals surface area contributed by atoms with E-state index in [0.29, 0.717) is 18.7 Å². The Labute approximate surface area is 137 Å². The molecule has 2 rings (SSSR count). The minimum Gasteiger partial charge on any atom is -0.339 e. The zero-order chi connectivity index (χ0) is 17.3. The van der Waals surface area contributed by atoms with E-state index >= 15 is 0 Å². The highest BCUT2D eigenvalue weighted by atomic mass is 32.2. The van der Waals surface area contributed by atoms with Crippen molar-refractivity contribution in [3.05, 3.63) is 29.8 Å². The number of nitrogens with zero attached hydrogens (tertiary/aromatic N) is 1. The van der Waals surface area contributed by atoms with Crippen LogP contribution < -0.4 is 0 Å². The molecule has 1 aliphatic heterocycles. The van der Waals surface area contributed by atoms with E-state index in [9.17, 15) is 21.6 Å². The van der Waals surface area contributed by atoms with Crippen LogP contribution in [0.2, 0.25) is 0 Å². The highest BCUT2D eigenvalue weighted by Crippen LogP contribution is 2.25. The zero-order valence-corrected chi connectivity index (χ0v) is 14.9. The average molecular weight is 359 g/mol. The topological polar surface area (TPSA) is 88.6 Å². The van der Waals surface area contributed by atoms with Crippen LogP contribution in [-0.2, 0) is 19.7 Å². The van der Waals surface area contributed by atoms with Gasteiger partial charge in [0.2, 0.25) is 0 Å². The van der Waals surface area contributed by atoms with Crippen molar-refractivity contribution in [2.45, 2.75) is 30.4 Å². The van der Waals surface area contributed by atoms with Crippen molar-refractivity contribution < 1.29 is 21.6 Å². The molecular weight excluding hydrogens is 338 g/mol. The third-order valence-corrected chi connectivity index (χ3v) is 8.30. The Morgan fingerprint density at radius 1 is 1.17 bits per heavy atom. The van der Waals surface area contributed by atoms with Crippen LogP contribution >= 0.6 is 0 Å². The summed E-state index contributed by atoms with van der Waals surface area (Å²) >= 11 is 0. The molecule has 0 unspecified atom stereocenters. The van der Waals surface area contributed by atoms with Gasteiger partial charge in [-0.1, -0.05) is 0 Å². The van der Waals surface area contributed by atoms with Crippen molar-refractivity contribution in [2.75, 3.05) is 24.6 Å². The molecule has 0 N–H and O–H groups in total. The third kappa shape index (κ3) is 3.74. The maximum absolute atomic E-state index is 12.5. The molecule has 1 saturated heterocycles. The van der Waals surface area contributed by atoms with Crippen LogP contribution in [0.5, 0.6) is 0 Å². The molecule has 1 heterocycles. The van der Waals surface area contributed by atoms with Gasteiger partial charge in [-0.25, -0.2) is 16.8 Å². The lowest BCUT2D eigenvalue weighted by Crippen LogP contribution is -2.30. The van der Waals surface area contributed by atoms with Crippen molar-refractivity contribution in [2.24, 2.45) is 0 Å². The van der Waals surface area contributed by atoms with Gasteiger partial charge >= 0.3 is 0 Å². The smallest absolute Gasteiger partial charge is 0.253 e. The summed E-state index contributed by atoms with van der Waals surface area (Å²) in [5.41, 5.74) is 0.423. The first-order valence-corrected chi connectivity index (χ1v) is 10.9. The summed E-state index contributed by atoms with van der Waals surface area (Å²) in [5, 5.41) is -0.892. The van der Waals surface area contributed by atoms with Crippen LogP contribution in [0.1, 0.15) is 30.6 Å². The van der Waals surface area contributed by atoms with Gasteiger partial charge in [0.05, 0.1) is 21.7 Å². The summed E-state index contributed by atoms with van der Waals surface area (Å²) in [4.78, 5) is 13.9. The molecule has 1 aliphatic rings. The van der Waals surface area contributed by atoms with Gasteiger partial charge in [0.25, 0.3) is 5.91 Å². The standard InChI is InChI=1S/C15H21NO5S2/c1-3-16(4-2)15(17)12-5-7-13(8-6-12)23(20,21)14-9-10-22(18,19)11-14/h5-8,14H,3-4,9-11H2,1-2H3/t14-/m0/s1. The van der Waals surface area contributed by atoms with Crippen molar-refractivity contribution in [3.8, 4) is 0 Å². The van der Waals surface area contributed by atoms with Crippen molar-refractivity contribution in [1.82, 2.24) is 4.90 Å². The lowest BCUT2D eigenvalue weighted by molar-refractivity contribution is 0.0773. The fraction of sp³-hybridized carbons (Fsp3) is 0.533. The molecule has 128 valence electrons. The Balaban J connectivity index is 2.24. The second kappa shape index (κ2) is 6.60. The predicted octanol–water partition coefficient (Wildman–Crippen LogP) is 1.13.